The minimum Gasteiger partial charge on any atom is -0.367 e. The molecule has 1 N–H and O–H groups in total. The molecule has 1 amide bonds. The fraction of sp³-hybridized carbons (Fsp3) is 0.227. The number of nitrogens with one attached hydrogen (secondary N) is 1. The van der Waals surface area contributed by atoms with E-state index in [4.69, 9.17) is 0 Å². The number of aromatic nitrogens is 2. The number of benzene rings is 1. The monoisotopic (exact) mass is 391 g/mol. The number of rotatable bonds is 5. The fourth-order valence-electron chi connectivity index (χ4n) is 3.38. The maximum atomic E-state index is 13.7. The SMILES string of the molecule is O=C(NCc1ccccc1F)c1cncc(N2CCN(c3ccccn3)CC2)c1. The van der Waals surface area contributed by atoms with Crippen LogP contribution in [0.25, 0.3) is 0 Å². The lowest BCUT2D eigenvalue weighted by Crippen LogP contribution is -2.46. The molecule has 1 aromatic carbocycles. The van der Waals surface area contributed by atoms with Gasteiger partial charge in [-0.15, -0.1) is 0 Å². The maximum absolute atomic E-state index is 13.7. The third kappa shape index (κ3) is 4.51. The second kappa shape index (κ2) is 8.68. The molecule has 1 fully saturated rings. The lowest BCUT2D eigenvalue weighted by molar-refractivity contribution is 0.0950. The molecule has 29 heavy (non-hydrogen) atoms. The van der Waals surface area contributed by atoms with Gasteiger partial charge in [-0.05, 0) is 24.3 Å². The topological polar surface area (TPSA) is 61.4 Å². The van der Waals surface area contributed by atoms with Crippen molar-refractivity contribution in [2.24, 2.45) is 0 Å². The summed E-state index contributed by atoms with van der Waals surface area (Å²) in [6, 6.07) is 14.2. The number of anilines is 2. The summed E-state index contributed by atoms with van der Waals surface area (Å²) in [6.45, 7) is 3.47. The molecule has 3 heterocycles. The van der Waals surface area contributed by atoms with Gasteiger partial charge in [-0.3, -0.25) is 9.78 Å². The van der Waals surface area contributed by atoms with Gasteiger partial charge in [0.1, 0.15) is 11.6 Å². The highest BCUT2D eigenvalue weighted by Crippen LogP contribution is 2.19. The molecule has 2 aromatic heterocycles. The second-order valence-electron chi connectivity index (χ2n) is 6.87. The van der Waals surface area contributed by atoms with E-state index >= 15 is 0 Å². The van der Waals surface area contributed by atoms with E-state index < -0.39 is 0 Å². The van der Waals surface area contributed by atoms with Crippen molar-refractivity contribution in [1.29, 1.82) is 0 Å². The molecule has 6 nitrogen and oxygen atoms in total. The predicted molar refractivity (Wildman–Crippen MR) is 110 cm³/mol. The van der Waals surface area contributed by atoms with E-state index in [1.54, 1.807) is 30.6 Å². The number of hydrogen-bond donors (Lipinski definition) is 1. The number of amides is 1. The van der Waals surface area contributed by atoms with Gasteiger partial charge in [0, 0.05) is 50.7 Å². The molecule has 1 aliphatic rings. The minimum atomic E-state index is -0.328. The third-order valence-corrected chi connectivity index (χ3v) is 5.00. The number of carbonyl (C=O) groups excluding carboxylic acids is 1. The Kier molecular flexibility index (Phi) is 5.65. The van der Waals surface area contributed by atoms with Crippen molar-refractivity contribution in [3.8, 4) is 0 Å². The van der Waals surface area contributed by atoms with E-state index in [2.05, 4.69) is 25.1 Å². The molecule has 0 atom stereocenters. The first-order valence-corrected chi connectivity index (χ1v) is 9.58. The van der Waals surface area contributed by atoms with Crippen molar-refractivity contribution in [2.75, 3.05) is 36.0 Å². The van der Waals surface area contributed by atoms with Crippen LogP contribution in [0.2, 0.25) is 0 Å². The van der Waals surface area contributed by atoms with Gasteiger partial charge in [0.15, 0.2) is 0 Å². The Morgan fingerprint density at radius 3 is 2.52 bits per heavy atom. The van der Waals surface area contributed by atoms with E-state index in [0.717, 1.165) is 37.7 Å². The first-order valence-electron chi connectivity index (χ1n) is 9.58. The molecular weight excluding hydrogens is 369 g/mol. The van der Waals surface area contributed by atoms with Crippen molar-refractivity contribution < 1.29 is 9.18 Å². The number of pyridine rings is 2. The summed E-state index contributed by atoms with van der Waals surface area (Å²) in [7, 11) is 0. The van der Waals surface area contributed by atoms with E-state index in [-0.39, 0.29) is 18.3 Å². The average Bonchev–Trinajstić information content (AvgIpc) is 2.79. The Morgan fingerprint density at radius 2 is 1.76 bits per heavy atom. The lowest BCUT2D eigenvalue weighted by atomic mass is 10.2. The highest BCUT2D eigenvalue weighted by Gasteiger charge is 2.19. The molecule has 0 bridgehead atoms. The van der Waals surface area contributed by atoms with Crippen LogP contribution >= 0.6 is 0 Å². The van der Waals surface area contributed by atoms with E-state index in [1.165, 1.54) is 12.3 Å². The predicted octanol–water partition coefficient (Wildman–Crippen LogP) is 2.87. The lowest BCUT2D eigenvalue weighted by Gasteiger charge is -2.36. The zero-order chi connectivity index (χ0) is 20.1. The highest BCUT2D eigenvalue weighted by atomic mass is 19.1. The zero-order valence-corrected chi connectivity index (χ0v) is 16.0. The zero-order valence-electron chi connectivity index (χ0n) is 16.0. The molecule has 1 saturated heterocycles. The summed E-state index contributed by atoms with van der Waals surface area (Å²) >= 11 is 0. The van der Waals surface area contributed by atoms with Gasteiger partial charge < -0.3 is 15.1 Å². The summed E-state index contributed by atoms with van der Waals surface area (Å²) in [6.07, 6.45) is 5.10. The number of carbonyl (C=O) groups is 1. The minimum absolute atomic E-state index is 0.137. The quantitative estimate of drug-likeness (QED) is 0.725. The second-order valence-corrected chi connectivity index (χ2v) is 6.87. The molecular formula is C22H22FN5O. The van der Waals surface area contributed by atoms with Gasteiger partial charge in [-0.2, -0.15) is 0 Å². The van der Waals surface area contributed by atoms with Crippen LogP contribution in [0.3, 0.4) is 0 Å². The number of hydrogen-bond acceptors (Lipinski definition) is 5. The first-order chi connectivity index (χ1) is 14.2. The van der Waals surface area contributed by atoms with Crippen LogP contribution in [0.4, 0.5) is 15.9 Å². The van der Waals surface area contributed by atoms with Gasteiger partial charge in [-0.1, -0.05) is 24.3 Å². The molecule has 0 spiro atoms. The van der Waals surface area contributed by atoms with Gasteiger partial charge in [0.25, 0.3) is 5.91 Å². The number of halogens is 1. The summed E-state index contributed by atoms with van der Waals surface area (Å²) in [4.78, 5) is 25.6. The average molecular weight is 391 g/mol. The van der Waals surface area contributed by atoms with E-state index in [9.17, 15) is 9.18 Å². The first kappa shape index (κ1) is 18.9. The molecule has 0 saturated carbocycles. The normalized spacial score (nSPS) is 14.0. The molecule has 0 unspecified atom stereocenters. The summed E-state index contributed by atoms with van der Waals surface area (Å²) < 4.78 is 13.7. The Bertz CT molecular complexity index is 974. The van der Waals surface area contributed by atoms with Crippen LogP contribution in [0, 0.1) is 5.82 Å². The van der Waals surface area contributed by atoms with Crippen LogP contribution in [0.1, 0.15) is 15.9 Å². The Hall–Kier alpha value is -3.48. The molecule has 4 rings (SSSR count). The summed E-state index contributed by atoms with van der Waals surface area (Å²) in [5, 5.41) is 2.76. The number of nitrogens with zero attached hydrogens (tertiary/aromatic N) is 4. The van der Waals surface area contributed by atoms with Crippen LogP contribution in [-0.4, -0.2) is 42.1 Å². The van der Waals surface area contributed by atoms with Gasteiger partial charge in [-0.25, -0.2) is 9.37 Å². The molecule has 1 aliphatic heterocycles. The van der Waals surface area contributed by atoms with Crippen molar-refractivity contribution in [3.63, 3.8) is 0 Å². The van der Waals surface area contributed by atoms with Crippen LogP contribution in [-0.2, 0) is 6.54 Å². The molecule has 0 radical (unpaired) electrons. The van der Waals surface area contributed by atoms with Crippen LogP contribution in [0.5, 0.6) is 0 Å². The number of piperazine rings is 1. The summed E-state index contributed by atoms with van der Waals surface area (Å²) in [5.74, 6) is 0.381. The van der Waals surface area contributed by atoms with Crippen molar-refractivity contribution in [2.45, 2.75) is 6.54 Å². The van der Waals surface area contributed by atoms with Gasteiger partial charge >= 0.3 is 0 Å². The van der Waals surface area contributed by atoms with Crippen molar-refractivity contribution in [3.05, 3.63) is 84.1 Å². The van der Waals surface area contributed by atoms with E-state index in [0.29, 0.717) is 11.1 Å². The Balaban J connectivity index is 1.37. The van der Waals surface area contributed by atoms with Gasteiger partial charge in [0.2, 0.25) is 0 Å². The standard InChI is InChI=1S/C22H22FN5O/c23-20-6-2-1-5-17(20)15-26-22(29)18-13-19(16-24-14-18)27-9-11-28(12-10-27)21-7-3-4-8-25-21/h1-8,13-14,16H,9-12,15H2,(H,26,29). The smallest absolute Gasteiger partial charge is 0.253 e. The molecule has 148 valence electrons. The Labute approximate surface area is 169 Å². The van der Waals surface area contributed by atoms with Gasteiger partial charge in [0.05, 0.1) is 17.4 Å². The van der Waals surface area contributed by atoms with Crippen LogP contribution < -0.4 is 15.1 Å². The third-order valence-electron chi connectivity index (χ3n) is 5.00. The van der Waals surface area contributed by atoms with Crippen molar-refractivity contribution in [1.82, 2.24) is 15.3 Å². The highest BCUT2D eigenvalue weighted by molar-refractivity contribution is 5.94. The molecule has 0 aliphatic carbocycles. The van der Waals surface area contributed by atoms with E-state index in [1.807, 2.05) is 24.3 Å². The fourth-order valence-corrected chi connectivity index (χ4v) is 3.38. The van der Waals surface area contributed by atoms with Crippen molar-refractivity contribution >= 4 is 17.4 Å². The molecule has 3 aromatic rings. The van der Waals surface area contributed by atoms with Crippen LogP contribution in [0.15, 0.2) is 67.1 Å². The summed E-state index contributed by atoms with van der Waals surface area (Å²) in [5.41, 5.74) is 1.82. The maximum Gasteiger partial charge on any atom is 0.253 e. The largest absolute Gasteiger partial charge is 0.367 e. The molecule has 7 heteroatoms. The Morgan fingerprint density at radius 1 is 1.00 bits per heavy atom.